The van der Waals surface area contributed by atoms with Gasteiger partial charge in [0.05, 0.1) is 6.54 Å². The second kappa shape index (κ2) is 7.76. The van der Waals surface area contributed by atoms with E-state index in [4.69, 9.17) is 0 Å². The minimum Gasteiger partial charge on any atom is -0.325 e. The van der Waals surface area contributed by atoms with Gasteiger partial charge in [0, 0.05) is 12.2 Å². The monoisotopic (exact) mass is 296 g/mol. The van der Waals surface area contributed by atoms with E-state index in [0.29, 0.717) is 19.0 Å². The van der Waals surface area contributed by atoms with Gasteiger partial charge in [0.2, 0.25) is 5.91 Å². The highest BCUT2D eigenvalue weighted by Crippen LogP contribution is 2.16. The number of nitrogens with one attached hydrogen (secondary N) is 2. The van der Waals surface area contributed by atoms with Crippen LogP contribution in [0.4, 0.5) is 5.69 Å². The van der Waals surface area contributed by atoms with Crippen molar-refractivity contribution < 1.29 is 4.79 Å². The number of benzene rings is 2. The maximum absolute atomic E-state index is 11.9. The molecule has 0 heterocycles. The Morgan fingerprint density at radius 2 is 1.64 bits per heavy atom. The smallest absolute Gasteiger partial charge is 0.238 e. The fraction of sp³-hybridized carbons (Fsp3) is 0.316. The number of anilines is 1. The average molecular weight is 296 g/mol. The van der Waals surface area contributed by atoms with Crippen molar-refractivity contribution in [2.24, 2.45) is 0 Å². The first kappa shape index (κ1) is 16.2. The van der Waals surface area contributed by atoms with Crippen molar-refractivity contribution in [2.75, 3.05) is 11.9 Å². The second-order valence-electron chi connectivity index (χ2n) is 5.91. The number of hydrogen-bond acceptors (Lipinski definition) is 2. The summed E-state index contributed by atoms with van der Waals surface area (Å²) in [4.78, 5) is 11.9. The predicted molar refractivity (Wildman–Crippen MR) is 92.0 cm³/mol. The van der Waals surface area contributed by atoms with Crippen molar-refractivity contribution in [3.63, 3.8) is 0 Å². The Balaban J connectivity index is 1.76. The number of carbonyl (C=O) groups is 1. The Kier molecular flexibility index (Phi) is 5.73. The molecule has 0 bridgehead atoms. The van der Waals surface area contributed by atoms with E-state index in [1.807, 2.05) is 12.1 Å². The fourth-order valence-corrected chi connectivity index (χ4v) is 2.18. The van der Waals surface area contributed by atoms with Crippen molar-refractivity contribution in [3.8, 4) is 0 Å². The van der Waals surface area contributed by atoms with Crippen LogP contribution in [0.25, 0.3) is 0 Å². The Labute approximate surface area is 132 Å². The Bertz CT molecular complexity index is 600. The van der Waals surface area contributed by atoms with E-state index in [0.717, 1.165) is 5.69 Å². The lowest BCUT2D eigenvalue weighted by atomic mass is 10.0. The van der Waals surface area contributed by atoms with Crippen LogP contribution in [-0.4, -0.2) is 12.5 Å². The van der Waals surface area contributed by atoms with Gasteiger partial charge in [0.15, 0.2) is 0 Å². The number of rotatable bonds is 6. The van der Waals surface area contributed by atoms with Crippen LogP contribution in [0.5, 0.6) is 0 Å². The summed E-state index contributed by atoms with van der Waals surface area (Å²) in [7, 11) is 0. The van der Waals surface area contributed by atoms with Crippen LogP contribution < -0.4 is 10.6 Å². The summed E-state index contributed by atoms with van der Waals surface area (Å²) < 4.78 is 0. The minimum atomic E-state index is -0.0237. The molecular formula is C19H24N2O. The lowest BCUT2D eigenvalue weighted by Crippen LogP contribution is -2.27. The van der Waals surface area contributed by atoms with Crippen LogP contribution in [0.2, 0.25) is 0 Å². The third kappa shape index (κ3) is 5.01. The number of carbonyl (C=O) groups excluding carboxylic acids is 1. The van der Waals surface area contributed by atoms with E-state index < -0.39 is 0 Å². The van der Waals surface area contributed by atoms with Gasteiger partial charge in [-0.15, -0.1) is 0 Å². The molecule has 0 aromatic heterocycles. The molecule has 1 amide bonds. The van der Waals surface area contributed by atoms with Gasteiger partial charge in [-0.3, -0.25) is 4.79 Å². The summed E-state index contributed by atoms with van der Waals surface area (Å²) >= 11 is 0. The Morgan fingerprint density at radius 1 is 1.00 bits per heavy atom. The van der Waals surface area contributed by atoms with Gasteiger partial charge in [-0.25, -0.2) is 0 Å². The third-order valence-corrected chi connectivity index (χ3v) is 3.60. The lowest BCUT2D eigenvalue weighted by molar-refractivity contribution is -0.115. The molecule has 22 heavy (non-hydrogen) atoms. The van der Waals surface area contributed by atoms with E-state index in [2.05, 4.69) is 67.8 Å². The summed E-state index contributed by atoms with van der Waals surface area (Å²) in [5, 5.41) is 6.06. The first-order chi connectivity index (χ1) is 10.5. The normalized spacial score (nSPS) is 10.7. The quantitative estimate of drug-likeness (QED) is 0.850. The molecule has 0 aliphatic heterocycles. The molecule has 3 heteroatoms. The van der Waals surface area contributed by atoms with Gasteiger partial charge in [-0.05, 0) is 36.1 Å². The Hall–Kier alpha value is -2.13. The first-order valence-corrected chi connectivity index (χ1v) is 7.70. The number of hydrogen-bond donors (Lipinski definition) is 2. The van der Waals surface area contributed by atoms with Crippen molar-refractivity contribution in [3.05, 3.63) is 65.2 Å². The van der Waals surface area contributed by atoms with Crippen LogP contribution in [-0.2, 0) is 11.3 Å². The van der Waals surface area contributed by atoms with Crippen LogP contribution in [0.15, 0.2) is 48.5 Å². The zero-order valence-electron chi connectivity index (χ0n) is 13.5. The summed E-state index contributed by atoms with van der Waals surface area (Å²) in [5.74, 6) is 0.477. The molecule has 0 unspecified atom stereocenters. The molecular weight excluding hydrogens is 272 g/mol. The topological polar surface area (TPSA) is 41.1 Å². The first-order valence-electron chi connectivity index (χ1n) is 7.70. The van der Waals surface area contributed by atoms with Crippen LogP contribution in [0.1, 0.15) is 36.5 Å². The molecule has 3 nitrogen and oxygen atoms in total. The van der Waals surface area contributed by atoms with Crippen LogP contribution in [0, 0.1) is 6.92 Å². The molecule has 0 radical (unpaired) electrons. The predicted octanol–water partition coefficient (Wildman–Crippen LogP) is 3.85. The summed E-state index contributed by atoms with van der Waals surface area (Å²) in [5.41, 5.74) is 4.54. The molecule has 2 N–H and O–H groups in total. The zero-order chi connectivity index (χ0) is 15.9. The molecule has 2 aromatic carbocycles. The average Bonchev–Trinajstić information content (AvgIpc) is 2.50. The molecule has 2 aromatic rings. The largest absolute Gasteiger partial charge is 0.325 e. The van der Waals surface area contributed by atoms with Gasteiger partial charge in [-0.1, -0.05) is 55.8 Å². The van der Waals surface area contributed by atoms with Gasteiger partial charge in [0.1, 0.15) is 0 Å². The highest BCUT2D eigenvalue weighted by atomic mass is 16.1. The van der Waals surface area contributed by atoms with Gasteiger partial charge in [0.25, 0.3) is 0 Å². The SMILES string of the molecule is Cc1ccc(CNCC(=O)Nc2ccc(C(C)C)cc2)cc1. The summed E-state index contributed by atoms with van der Waals surface area (Å²) in [6.45, 7) is 7.38. The highest BCUT2D eigenvalue weighted by molar-refractivity contribution is 5.92. The molecule has 0 saturated carbocycles. The van der Waals surface area contributed by atoms with Crippen molar-refractivity contribution in [1.82, 2.24) is 5.32 Å². The van der Waals surface area contributed by atoms with E-state index in [-0.39, 0.29) is 5.91 Å². The molecule has 0 fully saturated rings. The van der Waals surface area contributed by atoms with Crippen LogP contribution >= 0.6 is 0 Å². The number of amides is 1. The highest BCUT2D eigenvalue weighted by Gasteiger charge is 2.03. The molecule has 116 valence electrons. The molecule has 2 rings (SSSR count). The van der Waals surface area contributed by atoms with Gasteiger partial charge >= 0.3 is 0 Å². The van der Waals surface area contributed by atoms with E-state index >= 15 is 0 Å². The summed E-state index contributed by atoms with van der Waals surface area (Å²) in [6.07, 6.45) is 0. The molecule has 0 aliphatic carbocycles. The van der Waals surface area contributed by atoms with Crippen LogP contribution in [0.3, 0.4) is 0 Å². The standard InChI is InChI=1S/C19H24N2O/c1-14(2)17-8-10-18(11-9-17)21-19(22)13-20-12-16-6-4-15(3)5-7-16/h4-11,14,20H,12-13H2,1-3H3,(H,21,22). The fourth-order valence-electron chi connectivity index (χ4n) is 2.18. The van der Waals surface area contributed by atoms with E-state index in [1.54, 1.807) is 0 Å². The van der Waals surface area contributed by atoms with Crippen molar-refractivity contribution in [1.29, 1.82) is 0 Å². The van der Waals surface area contributed by atoms with Crippen molar-refractivity contribution in [2.45, 2.75) is 33.2 Å². The van der Waals surface area contributed by atoms with Gasteiger partial charge in [-0.2, -0.15) is 0 Å². The summed E-state index contributed by atoms with van der Waals surface area (Å²) in [6, 6.07) is 16.3. The van der Waals surface area contributed by atoms with E-state index in [9.17, 15) is 4.79 Å². The van der Waals surface area contributed by atoms with E-state index in [1.165, 1.54) is 16.7 Å². The Morgan fingerprint density at radius 3 is 2.23 bits per heavy atom. The minimum absolute atomic E-state index is 0.0237. The molecule has 0 atom stereocenters. The van der Waals surface area contributed by atoms with Crippen molar-refractivity contribution >= 4 is 11.6 Å². The third-order valence-electron chi connectivity index (χ3n) is 3.60. The second-order valence-corrected chi connectivity index (χ2v) is 5.91. The molecule has 0 spiro atoms. The maximum atomic E-state index is 11.9. The lowest BCUT2D eigenvalue weighted by Gasteiger charge is -2.09. The maximum Gasteiger partial charge on any atom is 0.238 e. The molecule has 0 saturated heterocycles. The molecule has 0 aliphatic rings. The zero-order valence-corrected chi connectivity index (χ0v) is 13.5. The number of aryl methyl sites for hydroxylation is 1. The van der Waals surface area contributed by atoms with Gasteiger partial charge < -0.3 is 10.6 Å².